The number of amides is 4. The van der Waals surface area contributed by atoms with Crippen LogP contribution in [-0.2, 0) is 19.1 Å². The zero-order chi connectivity index (χ0) is 28.0. The van der Waals surface area contributed by atoms with Crippen LogP contribution in [0.4, 0.5) is 4.79 Å². The highest BCUT2D eigenvalue weighted by molar-refractivity contribution is 5.94. The van der Waals surface area contributed by atoms with Crippen molar-refractivity contribution < 1.29 is 23.9 Å². The van der Waals surface area contributed by atoms with E-state index in [1.807, 2.05) is 0 Å². The lowest BCUT2D eigenvalue weighted by Gasteiger charge is -2.36. The van der Waals surface area contributed by atoms with Crippen LogP contribution in [0.15, 0.2) is 0 Å². The molecule has 2 saturated carbocycles. The van der Waals surface area contributed by atoms with Crippen LogP contribution in [0.5, 0.6) is 0 Å². The second-order valence-electron chi connectivity index (χ2n) is 12.5. The molecule has 1 heterocycles. The Hall–Kier alpha value is -2.36. The van der Waals surface area contributed by atoms with Crippen LogP contribution in [-0.4, -0.2) is 83.0 Å². The Morgan fingerprint density at radius 2 is 1.55 bits per heavy atom. The fraction of sp³-hybridized carbons (Fsp3) is 0.857. The van der Waals surface area contributed by atoms with Crippen molar-refractivity contribution >= 4 is 23.8 Å². The summed E-state index contributed by atoms with van der Waals surface area (Å²) >= 11 is 0. The second-order valence-corrected chi connectivity index (χ2v) is 12.5. The van der Waals surface area contributed by atoms with Crippen molar-refractivity contribution in [3.05, 3.63) is 0 Å². The number of nitrogens with zero attached hydrogens (tertiary/aromatic N) is 2. The van der Waals surface area contributed by atoms with E-state index in [9.17, 15) is 19.2 Å². The number of carbonyl (C=O) groups is 4. The molecule has 0 spiro atoms. The van der Waals surface area contributed by atoms with Gasteiger partial charge in [0.1, 0.15) is 23.7 Å². The largest absolute Gasteiger partial charge is 0.444 e. The molecule has 3 rings (SSSR count). The number of likely N-dealkylation sites (N-methyl/N-ethyl adjacent to an activating group) is 1. The van der Waals surface area contributed by atoms with E-state index in [4.69, 9.17) is 10.5 Å². The summed E-state index contributed by atoms with van der Waals surface area (Å²) in [5.74, 6) is -0.855. The number of nitrogens with two attached hydrogens (primary N) is 1. The lowest BCUT2D eigenvalue weighted by Crippen LogP contribution is -2.59. The third kappa shape index (κ3) is 8.07. The van der Waals surface area contributed by atoms with Crippen LogP contribution in [0.1, 0.15) is 98.3 Å². The molecule has 3 fully saturated rings. The van der Waals surface area contributed by atoms with E-state index in [1.54, 1.807) is 32.6 Å². The third-order valence-electron chi connectivity index (χ3n) is 8.20. The van der Waals surface area contributed by atoms with Crippen LogP contribution in [0.25, 0.3) is 0 Å². The normalized spacial score (nSPS) is 24.8. The quantitative estimate of drug-likeness (QED) is 0.459. The van der Waals surface area contributed by atoms with Gasteiger partial charge in [0.15, 0.2) is 0 Å². The van der Waals surface area contributed by atoms with Gasteiger partial charge in [-0.2, -0.15) is 0 Å². The summed E-state index contributed by atoms with van der Waals surface area (Å²) in [6.45, 7) is 7.20. The molecule has 4 N–H and O–H groups in total. The van der Waals surface area contributed by atoms with Gasteiger partial charge in [-0.1, -0.05) is 38.5 Å². The molecule has 1 aliphatic heterocycles. The summed E-state index contributed by atoms with van der Waals surface area (Å²) in [5.41, 5.74) is 5.57. The first-order valence-electron chi connectivity index (χ1n) is 14.5. The molecule has 4 amide bonds. The van der Waals surface area contributed by atoms with Crippen molar-refractivity contribution in [2.24, 2.45) is 11.7 Å². The predicted molar refractivity (Wildman–Crippen MR) is 145 cm³/mol. The van der Waals surface area contributed by atoms with E-state index in [-0.39, 0.29) is 36.4 Å². The van der Waals surface area contributed by atoms with Gasteiger partial charge >= 0.3 is 6.09 Å². The van der Waals surface area contributed by atoms with Gasteiger partial charge in [0.25, 0.3) is 0 Å². The van der Waals surface area contributed by atoms with Gasteiger partial charge in [-0.05, 0) is 65.7 Å². The van der Waals surface area contributed by atoms with Crippen molar-refractivity contribution in [3.63, 3.8) is 0 Å². The predicted octanol–water partition coefficient (Wildman–Crippen LogP) is 2.68. The molecule has 0 radical (unpaired) electrons. The zero-order valence-corrected chi connectivity index (χ0v) is 24.0. The molecule has 1 saturated heterocycles. The highest BCUT2D eigenvalue weighted by Crippen LogP contribution is 2.30. The first-order chi connectivity index (χ1) is 17.9. The summed E-state index contributed by atoms with van der Waals surface area (Å²) in [5, 5.41) is 6.12. The standard InChI is InChI=1S/C28H49N5O5/c1-18(32(5)27(37)38-28(2,3)4)24(34)31-23(19-12-8-6-9-13-19)26(36)33-17-20(29)16-22(33)25(35)30-21-14-10-7-11-15-21/h18-23H,6-17,29H2,1-5H3,(H,30,35)(H,31,34). The fourth-order valence-electron chi connectivity index (χ4n) is 5.87. The Kier molecular flexibility index (Phi) is 10.4. The minimum atomic E-state index is -0.838. The number of rotatable bonds is 7. The summed E-state index contributed by atoms with van der Waals surface area (Å²) in [7, 11) is 1.51. The molecule has 0 aromatic heterocycles. The molecule has 38 heavy (non-hydrogen) atoms. The summed E-state index contributed by atoms with van der Waals surface area (Å²) < 4.78 is 5.41. The summed E-state index contributed by atoms with van der Waals surface area (Å²) in [6, 6.07) is -2.39. The van der Waals surface area contributed by atoms with Gasteiger partial charge in [0, 0.05) is 25.7 Å². The van der Waals surface area contributed by atoms with Gasteiger partial charge in [-0.3, -0.25) is 19.3 Å². The van der Waals surface area contributed by atoms with E-state index < -0.39 is 35.7 Å². The average molecular weight is 536 g/mol. The van der Waals surface area contributed by atoms with Crippen molar-refractivity contribution in [1.82, 2.24) is 20.4 Å². The molecule has 0 aromatic rings. The molecule has 10 nitrogen and oxygen atoms in total. The number of likely N-dealkylation sites (tertiary alicyclic amines) is 1. The van der Waals surface area contributed by atoms with Crippen molar-refractivity contribution in [2.45, 2.75) is 134 Å². The zero-order valence-electron chi connectivity index (χ0n) is 24.0. The van der Waals surface area contributed by atoms with Crippen LogP contribution in [0.3, 0.4) is 0 Å². The maximum absolute atomic E-state index is 14.0. The fourth-order valence-corrected chi connectivity index (χ4v) is 5.87. The highest BCUT2D eigenvalue weighted by atomic mass is 16.6. The van der Waals surface area contributed by atoms with Crippen molar-refractivity contribution in [2.75, 3.05) is 13.6 Å². The Bertz CT molecular complexity index is 847. The van der Waals surface area contributed by atoms with Gasteiger partial charge in [0.2, 0.25) is 17.7 Å². The van der Waals surface area contributed by atoms with E-state index >= 15 is 0 Å². The van der Waals surface area contributed by atoms with Crippen LogP contribution in [0.2, 0.25) is 0 Å². The first kappa shape index (κ1) is 30.2. The molecule has 0 aromatic carbocycles. The van der Waals surface area contributed by atoms with Gasteiger partial charge in [-0.25, -0.2) is 4.79 Å². The summed E-state index contributed by atoms with van der Waals surface area (Å²) in [4.78, 5) is 56.0. The maximum atomic E-state index is 14.0. The molecular weight excluding hydrogens is 486 g/mol. The minimum absolute atomic E-state index is 0.0295. The molecule has 4 unspecified atom stereocenters. The number of ether oxygens (including phenoxy) is 1. The third-order valence-corrected chi connectivity index (χ3v) is 8.20. The number of hydrogen-bond acceptors (Lipinski definition) is 6. The SMILES string of the molecule is CC(C(=O)NC(C(=O)N1CC(N)CC1C(=O)NC1CCCCC1)C1CCCCC1)N(C)C(=O)OC(C)(C)C. The number of carbonyl (C=O) groups excluding carboxylic acids is 4. The first-order valence-corrected chi connectivity index (χ1v) is 14.5. The Balaban J connectivity index is 1.74. The molecule has 10 heteroatoms. The number of nitrogens with one attached hydrogen (secondary N) is 2. The molecule has 0 bridgehead atoms. The van der Waals surface area contributed by atoms with E-state index in [2.05, 4.69) is 10.6 Å². The van der Waals surface area contributed by atoms with Crippen LogP contribution < -0.4 is 16.4 Å². The summed E-state index contributed by atoms with van der Waals surface area (Å²) in [6.07, 6.45) is 9.85. The lowest BCUT2D eigenvalue weighted by atomic mass is 9.83. The van der Waals surface area contributed by atoms with Crippen molar-refractivity contribution in [3.8, 4) is 0 Å². The Morgan fingerprint density at radius 1 is 0.974 bits per heavy atom. The van der Waals surface area contributed by atoms with E-state index in [0.717, 1.165) is 57.8 Å². The van der Waals surface area contributed by atoms with E-state index in [1.165, 1.54) is 18.4 Å². The van der Waals surface area contributed by atoms with Crippen LogP contribution >= 0.6 is 0 Å². The Morgan fingerprint density at radius 3 is 2.13 bits per heavy atom. The van der Waals surface area contributed by atoms with Gasteiger partial charge in [0.05, 0.1) is 0 Å². The Labute approximate surface area is 227 Å². The smallest absolute Gasteiger partial charge is 0.410 e. The molecule has 2 aliphatic carbocycles. The molecule has 3 aliphatic rings. The van der Waals surface area contributed by atoms with Crippen LogP contribution in [0, 0.1) is 5.92 Å². The van der Waals surface area contributed by atoms with Gasteiger partial charge in [-0.15, -0.1) is 0 Å². The minimum Gasteiger partial charge on any atom is -0.444 e. The highest BCUT2D eigenvalue weighted by Gasteiger charge is 2.44. The topological polar surface area (TPSA) is 134 Å². The monoisotopic (exact) mass is 535 g/mol. The molecular formula is C28H49N5O5. The van der Waals surface area contributed by atoms with Crippen molar-refractivity contribution in [1.29, 1.82) is 0 Å². The van der Waals surface area contributed by atoms with Gasteiger partial charge < -0.3 is 26.0 Å². The molecule has 216 valence electrons. The average Bonchev–Trinajstić information content (AvgIpc) is 3.27. The number of hydrogen-bond donors (Lipinski definition) is 3. The maximum Gasteiger partial charge on any atom is 0.410 e. The van der Waals surface area contributed by atoms with E-state index in [0.29, 0.717) is 6.42 Å². The molecule has 4 atom stereocenters. The lowest BCUT2D eigenvalue weighted by molar-refractivity contribution is -0.143. The second kappa shape index (κ2) is 13.1.